The van der Waals surface area contributed by atoms with Crippen molar-refractivity contribution in [3.63, 3.8) is 0 Å². The third-order valence-electron chi connectivity index (χ3n) is 5.22. The topological polar surface area (TPSA) is 83.9 Å². The summed E-state index contributed by atoms with van der Waals surface area (Å²) < 4.78 is 0. The van der Waals surface area contributed by atoms with Crippen LogP contribution in [0.4, 0.5) is 5.82 Å². The quantitative estimate of drug-likeness (QED) is 0.724. The van der Waals surface area contributed by atoms with E-state index in [2.05, 4.69) is 30.2 Å². The average Bonchev–Trinajstić information content (AvgIpc) is 2.78. The number of hydrogen-bond acceptors (Lipinski definition) is 6. The Morgan fingerprint density at radius 2 is 1.79 bits per heavy atom. The van der Waals surface area contributed by atoms with E-state index in [0.717, 1.165) is 54.4 Å². The Bertz CT molecular complexity index is 970. The van der Waals surface area contributed by atoms with E-state index in [4.69, 9.17) is 0 Å². The number of hydrogen-bond donors (Lipinski definition) is 1. The van der Waals surface area contributed by atoms with Gasteiger partial charge in [0.1, 0.15) is 18.5 Å². The van der Waals surface area contributed by atoms with Crippen LogP contribution in [-0.2, 0) is 11.3 Å². The number of carbonyl (C=O) groups is 1. The highest BCUT2D eigenvalue weighted by Crippen LogP contribution is 2.25. The predicted molar refractivity (Wildman–Crippen MR) is 111 cm³/mol. The predicted octanol–water partition coefficient (Wildman–Crippen LogP) is 2.77. The van der Waals surface area contributed by atoms with Crippen LogP contribution in [-0.4, -0.2) is 38.9 Å². The van der Waals surface area contributed by atoms with Crippen molar-refractivity contribution in [1.29, 1.82) is 0 Å². The first-order chi connectivity index (χ1) is 14.2. The molecule has 1 saturated heterocycles. The highest BCUT2D eigenvalue weighted by atomic mass is 16.1. The minimum atomic E-state index is 0.0182. The summed E-state index contributed by atoms with van der Waals surface area (Å²) in [5.74, 6) is 1.02. The van der Waals surface area contributed by atoms with Crippen molar-refractivity contribution in [2.24, 2.45) is 5.92 Å². The van der Waals surface area contributed by atoms with Crippen molar-refractivity contribution in [2.75, 3.05) is 18.0 Å². The zero-order valence-electron chi connectivity index (χ0n) is 16.5. The number of benzene rings is 1. The van der Waals surface area contributed by atoms with Crippen molar-refractivity contribution in [3.8, 4) is 11.3 Å². The fourth-order valence-corrected chi connectivity index (χ4v) is 3.59. The van der Waals surface area contributed by atoms with Crippen LogP contribution in [0.2, 0.25) is 0 Å². The zero-order valence-corrected chi connectivity index (χ0v) is 16.5. The number of aryl methyl sites for hydroxylation is 1. The number of nitrogens with one attached hydrogen (secondary N) is 1. The number of piperidine rings is 1. The van der Waals surface area contributed by atoms with Crippen molar-refractivity contribution < 1.29 is 4.79 Å². The van der Waals surface area contributed by atoms with Gasteiger partial charge in [-0.25, -0.2) is 19.9 Å². The molecule has 0 radical (unpaired) electrons. The van der Waals surface area contributed by atoms with Crippen LogP contribution in [0, 0.1) is 12.8 Å². The van der Waals surface area contributed by atoms with Crippen LogP contribution in [0.3, 0.4) is 0 Å². The zero-order chi connectivity index (χ0) is 20.1. The van der Waals surface area contributed by atoms with Crippen molar-refractivity contribution in [2.45, 2.75) is 26.3 Å². The molecule has 3 aromatic rings. The molecule has 0 saturated carbocycles. The Hall–Kier alpha value is -3.35. The Balaban J connectivity index is 1.33. The van der Waals surface area contributed by atoms with Crippen LogP contribution in [0.1, 0.15) is 24.2 Å². The molecule has 3 heterocycles. The number of anilines is 1. The van der Waals surface area contributed by atoms with Gasteiger partial charge in [0.2, 0.25) is 5.91 Å². The normalized spacial score (nSPS) is 14.6. The van der Waals surface area contributed by atoms with Crippen LogP contribution in [0.5, 0.6) is 0 Å². The molecule has 7 nitrogen and oxygen atoms in total. The van der Waals surface area contributed by atoms with E-state index in [1.165, 1.54) is 6.33 Å². The van der Waals surface area contributed by atoms with Crippen LogP contribution in [0.15, 0.2) is 55.1 Å². The summed E-state index contributed by atoms with van der Waals surface area (Å²) in [5.41, 5.74) is 3.72. The maximum absolute atomic E-state index is 12.5. The standard InChI is InChI=1S/C22H24N6O/c1-16-11-19(25-14-24-16)13-23-22(29)18-7-9-28(10-8-18)21-12-20(26-15-27-21)17-5-3-2-4-6-17/h2-6,11-12,14-15,18H,7-10,13H2,1H3,(H,23,29). The van der Waals surface area contributed by atoms with Crippen molar-refractivity contribution in [1.82, 2.24) is 25.3 Å². The lowest BCUT2D eigenvalue weighted by atomic mass is 9.96. The maximum atomic E-state index is 12.5. The second-order valence-electron chi connectivity index (χ2n) is 7.26. The SMILES string of the molecule is Cc1cc(CNC(=O)C2CCN(c3cc(-c4ccccc4)ncn3)CC2)ncn1. The highest BCUT2D eigenvalue weighted by Gasteiger charge is 2.25. The molecule has 148 valence electrons. The summed E-state index contributed by atoms with van der Waals surface area (Å²) >= 11 is 0. The van der Waals surface area contributed by atoms with Gasteiger partial charge in [-0.3, -0.25) is 4.79 Å². The molecule has 29 heavy (non-hydrogen) atoms. The van der Waals surface area contributed by atoms with E-state index >= 15 is 0 Å². The smallest absolute Gasteiger partial charge is 0.223 e. The summed E-state index contributed by atoms with van der Waals surface area (Å²) in [7, 11) is 0. The molecule has 7 heteroatoms. The minimum Gasteiger partial charge on any atom is -0.356 e. The maximum Gasteiger partial charge on any atom is 0.223 e. The number of carbonyl (C=O) groups excluding carboxylic acids is 1. The molecule has 0 unspecified atom stereocenters. The molecule has 1 fully saturated rings. The average molecular weight is 388 g/mol. The third-order valence-corrected chi connectivity index (χ3v) is 5.22. The molecule has 1 aromatic carbocycles. The van der Waals surface area contributed by atoms with Gasteiger partial charge in [0.15, 0.2) is 0 Å². The molecule has 0 aliphatic carbocycles. The molecule has 0 bridgehead atoms. The van der Waals surface area contributed by atoms with Crippen molar-refractivity contribution in [3.05, 3.63) is 66.5 Å². The summed E-state index contributed by atoms with van der Waals surface area (Å²) in [6.45, 7) is 3.96. The molecule has 2 aromatic heterocycles. The lowest BCUT2D eigenvalue weighted by Gasteiger charge is -2.32. The molecule has 0 atom stereocenters. The molecular weight excluding hydrogens is 364 g/mol. The molecule has 4 rings (SSSR count). The second kappa shape index (κ2) is 8.77. The van der Waals surface area contributed by atoms with E-state index in [1.54, 1.807) is 6.33 Å². The van der Waals surface area contributed by atoms with E-state index < -0.39 is 0 Å². The van der Waals surface area contributed by atoms with Gasteiger partial charge in [0, 0.05) is 36.3 Å². The number of aromatic nitrogens is 4. The van der Waals surface area contributed by atoms with Gasteiger partial charge in [0.25, 0.3) is 0 Å². The van der Waals surface area contributed by atoms with Gasteiger partial charge in [-0.2, -0.15) is 0 Å². The number of amides is 1. The number of nitrogens with zero attached hydrogens (tertiary/aromatic N) is 5. The molecular formula is C22H24N6O. The third kappa shape index (κ3) is 4.74. The van der Waals surface area contributed by atoms with Gasteiger partial charge in [0.05, 0.1) is 17.9 Å². The molecule has 1 amide bonds. The van der Waals surface area contributed by atoms with Gasteiger partial charge in [-0.05, 0) is 25.8 Å². The molecule has 1 N–H and O–H groups in total. The Labute approximate surface area is 170 Å². The largest absolute Gasteiger partial charge is 0.356 e. The molecule has 1 aliphatic rings. The first kappa shape index (κ1) is 19.0. The van der Waals surface area contributed by atoms with Crippen LogP contribution < -0.4 is 10.2 Å². The second-order valence-corrected chi connectivity index (χ2v) is 7.26. The molecule has 0 spiro atoms. The van der Waals surface area contributed by atoms with Gasteiger partial charge < -0.3 is 10.2 Å². The Kier molecular flexibility index (Phi) is 5.74. The first-order valence-electron chi connectivity index (χ1n) is 9.87. The number of rotatable bonds is 5. The lowest BCUT2D eigenvalue weighted by Crippen LogP contribution is -2.40. The fraction of sp³-hybridized carbons (Fsp3) is 0.318. The lowest BCUT2D eigenvalue weighted by molar-refractivity contribution is -0.125. The van der Waals surface area contributed by atoms with Crippen molar-refractivity contribution >= 4 is 11.7 Å². The van der Waals surface area contributed by atoms with Gasteiger partial charge >= 0.3 is 0 Å². The van der Waals surface area contributed by atoms with Crippen LogP contribution in [0.25, 0.3) is 11.3 Å². The van der Waals surface area contributed by atoms with E-state index in [1.807, 2.05) is 49.4 Å². The fourth-order valence-electron chi connectivity index (χ4n) is 3.59. The Morgan fingerprint density at radius 3 is 2.55 bits per heavy atom. The van der Waals surface area contributed by atoms with E-state index in [9.17, 15) is 4.79 Å². The van der Waals surface area contributed by atoms with Crippen LogP contribution >= 0.6 is 0 Å². The molecule has 1 aliphatic heterocycles. The summed E-state index contributed by atoms with van der Waals surface area (Å²) in [6.07, 6.45) is 4.75. The monoisotopic (exact) mass is 388 g/mol. The van der Waals surface area contributed by atoms with Gasteiger partial charge in [-0.1, -0.05) is 30.3 Å². The van der Waals surface area contributed by atoms with Gasteiger partial charge in [-0.15, -0.1) is 0 Å². The highest BCUT2D eigenvalue weighted by molar-refractivity contribution is 5.79. The summed E-state index contributed by atoms with van der Waals surface area (Å²) in [4.78, 5) is 31.9. The Morgan fingerprint density at radius 1 is 1.03 bits per heavy atom. The minimum absolute atomic E-state index is 0.0182. The van der Waals surface area contributed by atoms with E-state index in [-0.39, 0.29) is 11.8 Å². The first-order valence-corrected chi connectivity index (χ1v) is 9.87. The van der Waals surface area contributed by atoms with E-state index in [0.29, 0.717) is 6.54 Å². The summed E-state index contributed by atoms with van der Waals surface area (Å²) in [6, 6.07) is 14.0. The summed E-state index contributed by atoms with van der Waals surface area (Å²) in [5, 5.41) is 3.01.